The molecule has 4 heteroatoms. The van der Waals surface area contributed by atoms with Gasteiger partial charge in [-0.15, -0.1) is 0 Å². The van der Waals surface area contributed by atoms with Crippen molar-refractivity contribution < 1.29 is 9.53 Å². The first-order valence-corrected chi connectivity index (χ1v) is 5.27. The lowest BCUT2D eigenvalue weighted by molar-refractivity contribution is -0.142. The molecule has 1 amide bonds. The van der Waals surface area contributed by atoms with Crippen LogP contribution >= 0.6 is 0 Å². The summed E-state index contributed by atoms with van der Waals surface area (Å²) in [6.07, 6.45) is 1.70. The van der Waals surface area contributed by atoms with Crippen LogP contribution in [0, 0.1) is 11.3 Å². The molecule has 0 aromatic carbocycles. The molecule has 0 spiro atoms. The molecule has 0 aromatic heterocycles. The molecule has 0 aliphatic carbocycles. The standard InChI is InChI=1S/C11H20N2O2/c1-5-9(7-8-12)13-10(14)11(3,6-2)15-4/h9H,5-7H2,1-4H3,(H,13,14). The number of carbonyl (C=O) groups excluding carboxylic acids is 1. The van der Waals surface area contributed by atoms with Gasteiger partial charge < -0.3 is 10.1 Å². The van der Waals surface area contributed by atoms with E-state index >= 15 is 0 Å². The van der Waals surface area contributed by atoms with Crippen molar-refractivity contribution in [2.75, 3.05) is 7.11 Å². The van der Waals surface area contributed by atoms with Crippen LogP contribution in [-0.2, 0) is 9.53 Å². The summed E-state index contributed by atoms with van der Waals surface area (Å²) in [5.41, 5.74) is -0.789. The number of hydrogen-bond acceptors (Lipinski definition) is 3. The van der Waals surface area contributed by atoms with Crippen molar-refractivity contribution in [1.29, 1.82) is 5.26 Å². The zero-order chi connectivity index (χ0) is 11.9. The highest BCUT2D eigenvalue weighted by molar-refractivity contribution is 5.84. The van der Waals surface area contributed by atoms with Crippen molar-refractivity contribution in [2.24, 2.45) is 0 Å². The third-order valence-electron chi connectivity index (χ3n) is 2.77. The first kappa shape index (κ1) is 13.9. The Kier molecular flexibility index (Phi) is 5.95. The molecule has 0 aliphatic heterocycles. The number of nitriles is 1. The summed E-state index contributed by atoms with van der Waals surface area (Å²) < 4.78 is 5.18. The predicted molar refractivity (Wildman–Crippen MR) is 58.2 cm³/mol. The number of carbonyl (C=O) groups is 1. The highest BCUT2D eigenvalue weighted by atomic mass is 16.5. The zero-order valence-electron chi connectivity index (χ0n) is 9.96. The molecular formula is C11H20N2O2. The molecule has 2 atom stereocenters. The van der Waals surface area contributed by atoms with E-state index in [-0.39, 0.29) is 11.9 Å². The number of ether oxygens (including phenoxy) is 1. The highest BCUT2D eigenvalue weighted by Crippen LogP contribution is 2.14. The maximum absolute atomic E-state index is 11.8. The normalized spacial score (nSPS) is 16.2. The van der Waals surface area contributed by atoms with Crippen molar-refractivity contribution in [3.05, 3.63) is 0 Å². The van der Waals surface area contributed by atoms with Gasteiger partial charge >= 0.3 is 0 Å². The highest BCUT2D eigenvalue weighted by Gasteiger charge is 2.31. The van der Waals surface area contributed by atoms with Gasteiger partial charge in [0.2, 0.25) is 0 Å². The van der Waals surface area contributed by atoms with Gasteiger partial charge in [-0.1, -0.05) is 13.8 Å². The molecule has 0 bridgehead atoms. The van der Waals surface area contributed by atoms with Gasteiger partial charge in [0, 0.05) is 13.2 Å². The Morgan fingerprint density at radius 3 is 2.53 bits per heavy atom. The molecule has 0 aromatic rings. The first-order chi connectivity index (χ1) is 7.03. The average molecular weight is 212 g/mol. The number of rotatable bonds is 6. The minimum absolute atomic E-state index is 0.0801. The van der Waals surface area contributed by atoms with Crippen LogP contribution in [0.25, 0.3) is 0 Å². The largest absolute Gasteiger partial charge is 0.369 e. The van der Waals surface area contributed by atoms with E-state index in [9.17, 15) is 4.79 Å². The quantitative estimate of drug-likeness (QED) is 0.727. The maximum Gasteiger partial charge on any atom is 0.252 e. The minimum Gasteiger partial charge on any atom is -0.369 e. The van der Waals surface area contributed by atoms with Crippen molar-refractivity contribution in [1.82, 2.24) is 5.32 Å². The smallest absolute Gasteiger partial charge is 0.252 e. The van der Waals surface area contributed by atoms with Crippen LogP contribution in [-0.4, -0.2) is 24.7 Å². The molecule has 0 rings (SSSR count). The number of nitrogens with zero attached hydrogens (tertiary/aromatic N) is 1. The summed E-state index contributed by atoms with van der Waals surface area (Å²) in [7, 11) is 1.52. The van der Waals surface area contributed by atoms with Crippen LogP contribution < -0.4 is 5.32 Å². The average Bonchev–Trinajstić information content (AvgIpc) is 2.27. The Balaban J connectivity index is 4.39. The monoisotopic (exact) mass is 212 g/mol. The molecule has 15 heavy (non-hydrogen) atoms. The summed E-state index contributed by atoms with van der Waals surface area (Å²) in [4.78, 5) is 11.8. The molecule has 86 valence electrons. The zero-order valence-corrected chi connectivity index (χ0v) is 9.96. The van der Waals surface area contributed by atoms with Gasteiger partial charge in [-0.25, -0.2) is 0 Å². The molecular weight excluding hydrogens is 192 g/mol. The van der Waals surface area contributed by atoms with Crippen molar-refractivity contribution >= 4 is 5.91 Å². The Bertz CT molecular complexity index is 241. The van der Waals surface area contributed by atoms with Crippen LogP contribution in [0.15, 0.2) is 0 Å². The lowest BCUT2D eigenvalue weighted by Gasteiger charge is -2.27. The second-order valence-corrected chi connectivity index (χ2v) is 3.73. The van der Waals surface area contributed by atoms with E-state index in [0.717, 1.165) is 6.42 Å². The van der Waals surface area contributed by atoms with E-state index in [1.165, 1.54) is 7.11 Å². The number of nitrogens with one attached hydrogen (secondary N) is 1. The van der Waals surface area contributed by atoms with E-state index in [2.05, 4.69) is 11.4 Å². The van der Waals surface area contributed by atoms with Crippen LogP contribution in [0.5, 0.6) is 0 Å². The summed E-state index contributed by atoms with van der Waals surface area (Å²) in [5, 5.41) is 11.4. The fourth-order valence-corrected chi connectivity index (χ4v) is 1.14. The van der Waals surface area contributed by atoms with E-state index < -0.39 is 5.60 Å². The Morgan fingerprint density at radius 2 is 2.20 bits per heavy atom. The Hall–Kier alpha value is -1.08. The van der Waals surface area contributed by atoms with Gasteiger partial charge in [0.15, 0.2) is 0 Å². The molecule has 0 heterocycles. The van der Waals surface area contributed by atoms with E-state index in [4.69, 9.17) is 10.00 Å². The van der Waals surface area contributed by atoms with Gasteiger partial charge in [-0.05, 0) is 19.8 Å². The number of hydrogen-bond donors (Lipinski definition) is 1. The maximum atomic E-state index is 11.8. The van der Waals surface area contributed by atoms with Gasteiger partial charge in [0.1, 0.15) is 5.60 Å². The van der Waals surface area contributed by atoms with Gasteiger partial charge in [0.05, 0.1) is 12.5 Å². The molecule has 0 fully saturated rings. The van der Waals surface area contributed by atoms with Crippen LogP contribution in [0.4, 0.5) is 0 Å². The van der Waals surface area contributed by atoms with Crippen LogP contribution in [0.3, 0.4) is 0 Å². The number of amides is 1. The summed E-state index contributed by atoms with van der Waals surface area (Å²) in [6.45, 7) is 5.59. The fourth-order valence-electron chi connectivity index (χ4n) is 1.14. The fraction of sp³-hybridized carbons (Fsp3) is 0.818. The summed E-state index contributed by atoms with van der Waals surface area (Å²) >= 11 is 0. The lowest BCUT2D eigenvalue weighted by atomic mass is 10.0. The molecule has 4 nitrogen and oxygen atoms in total. The third-order valence-corrected chi connectivity index (χ3v) is 2.77. The van der Waals surface area contributed by atoms with Gasteiger partial charge in [0.25, 0.3) is 5.91 Å². The molecule has 0 aliphatic rings. The summed E-state index contributed by atoms with van der Waals surface area (Å²) in [6, 6.07) is 1.98. The van der Waals surface area contributed by atoms with Gasteiger partial charge in [-0.2, -0.15) is 5.26 Å². The lowest BCUT2D eigenvalue weighted by Crippen LogP contribution is -2.49. The molecule has 1 N–H and O–H groups in total. The second kappa shape index (κ2) is 6.41. The molecule has 2 unspecified atom stereocenters. The van der Waals surface area contributed by atoms with Crippen molar-refractivity contribution in [3.63, 3.8) is 0 Å². The van der Waals surface area contributed by atoms with Crippen LogP contribution in [0.1, 0.15) is 40.0 Å². The van der Waals surface area contributed by atoms with E-state index in [0.29, 0.717) is 12.8 Å². The molecule has 0 radical (unpaired) electrons. The second-order valence-electron chi connectivity index (χ2n) is 3.73. The van der Waals surface area contributed by atoms with E-state index in [1.54, 1.807) is 6.92 Å². The SMILES string of the molecule is CCC(CC#N)NC(=O)C(C)(CC)OC. The Morgan fingerprint density at radius 1 is 1.60 bits per heavy atom. The minimum atomic E-state index is -0.789. The first-order valence-electron chi connectivity index (χ1n) is 5.27. The summed E-state index contributed by atoms with van der Waals surface area (Å²) in [5.74, 6) is -0.144. The number of methoxy groups -OCH3 is 1. The molecule has 0 saturated carbocycles. The topological polar surface area (TPSA) is 62.1 Å². The van der Waals surface area contributed by atoms with Gasteiger partial charge in [-0.3, -0.25) is 4.79 Å². The van der Waals surface area contributed by atoms with E-state index in [1.807, 2.05) is 13.8 Å². The molecule has 0 saturated heterocycles. The predicted octanol–water partition coefficient (Wildman–Crippen LogP) is 1.61. The van der Waals surface area contributed by atoms with Crippen molar-refractivity contribution in [3.8, 4) is 6.07 Å². The van der Waals surface area contributed by atoms with Crippen LogP contribution in [0.2, 0.25) is 0 Å². The third kappa shape index (κ3) is 3.88. The Labute approximate surface area is 91.6 Å². The van der Waals surface area contributed by atoms with Crippen molar-refractivity contribution in [2.45, 2.75) is 51.7 Å².